The summed E-state index contributed by atoms with van der Waals surface area (Å²) in [6, 6.07) is 10.2. The molecule has 3 nitrogen and oxygen atoms in total. The highest BCUT2D eigenvalue weighted by Gasteiger charge is 2.32. The summed E-state index contributed by atoms with van der Waals surface area (Å²) in [5, 5.41) is 0. The molecule has 1 atom stereocenters. The van der Waals surface area contributed by atoms with Gasteiger partial charge in [-0.25, -0.2) is 0 Å². The van der Waals surface area contributed by atoms with Gasteiger partial charge in [0, 0.05) is 13.1 Å². The predicted molar refractivity (Wildman–Crippen MR) is 86.9 cm³/mol. The molecule has 0 aliphatic carbocycles. The molecule has 0 radical (unpaired) electrons. The van der Waals surface area contributed by atoms with Crippen LogP contribution in [0.25, 0.3) is 0 Å². The maximum absolute atomic E-state index is 12.4. The van der Waals surface area contributed by atoms with Crippen LogP contribution in [0, 0.1) is 11.3 Å². The highest BCUT2D eigenvalue weighted by molar-refractivity contribution is 5.82. The van der Waals surface area contributed by atoms with Crippen LogP contribution in [-0.2, 0) is 11.2 Å². The Bertz CT molecular complexity index is 456. The third kappa shape index (κ3) is 4.31. The van der Waals surface area contributed by atoms with E-state index in [1.165, 1.54) is 5.56 Å². The lowest BCUT2D eigenvalue weighted by Gasteiger charge is -2.36. The number of nitrogens with two attached hydrogens (primary N) is 1. The number of rotatable bonds is 3. The zero-order chi connectivity index (χ0) is 15.5. The number of likely N-dealkylation sites (tertiary alicyclic amines) is 1. The van der Waals surface area contributed by atoms with E-state index in [1.54, 1.807) is 0 Å². The Hall–Kier alpha value is -1.35. The molecule has 0 bridgehead atoms. The lowest BCUT2D eigenvalue weighted by molar-refractivity contribution is -0.136. The van der Waals surface area contributed by atoms with Crippen molar-refractivity contribution in [3.05, 3.63) is 35.9 Å². The Morgan fingerprint density at radius 1 is 1.24 bits per heavy atom. The van der Waals surface area contributed by atoms with Crippen LogP contribution in [0.1, 0.15) is 39.2 Å². The molecule has 3 heteroatoms. The van der Waals surface area contributed by atoms with Gasteiger partial charge in [0.05, 0.1) is 6.04 Å². The summed E-state index contributed by atoms with van der Waals surface area (Å²) in [6.45, 7) is 7.77. The van der Waals surface area contributed by atoms with Crippen LogP contribution < -0.4 is 5.73 Å². The number of benzene rings is 1. The molecule has 2 rings (SSSR count). The van der Waals surface area contributed by atoms with Crippen molar-refractivity contribution in [3.63, 3.8) is 0 Å². The third-order valence-corrected chi connectivity index (χ3v) is 4.49. The number of nitrogens with zero attached hydrogens (tertiary/aromatic N) is 1. The van der Waals surface area contributed by atoms with E-state index >= 15 is 0 Å². The van der Waals surface area contributed by atoms with Gasteiger partial charge in [-0.15, -0.1) is 0 Å². The second kappa shape index (κ2) is 6.61. The van der Waals surface area contributed by atoms with Gasteiger partial charge >= 0.3 is 0 Å². The topological polar surface area (TPSA) is 46.3 Å². The van der Waals surface area contributed by atoms with E-state index in [-0.39, 0.29) is 11.3 Å². The fourth-order valence-electron chi connectivity index (χ4n) is 2.87. The quantitative estimate of drug-likeness (QED) is 0.929. The fraction of sp³-hybridized carbons (Fsp3) is 0.611. The molecule has 1 saturated heterocycles. The van der Waals surface area contributed by atoms with Crippen molar-refractivity contribution in [2.24, 2.45) is 17.1 Å². The predicted octanol–water partition coefficient (Wildman–Crippen LogP) is 2.84. The Morgan fingerprint density at radius 3 is 2.33 bits per heavy atom. The van der Waals surface area contributed by atoms with Crippen molar-refractivity contribution in [2.45, 2.75) is 46.1 Å². The molecule has 0 saturated carbocycles. The van der Waals surface area contributed by atoms with E-state index in [1.807, 2.05) is 25.7 Å². The van der Waals surface area contributed by atoms with E-state index in [0.717, 1.165) is 32.4 Å². The summed E-state index contributed by atoms with van der Waals surface area (Å²) in [7, 11) is 0. The van der Waals surface area contributed by atoms with Crippen molar-refractivity contribution in [1.29, 1.82) is 0 Å². The Morgan fingerprint density at radius 2 is 1.81 bits per heavy atom. The summed E-state index contributed by atoms with van der Waals surface area (Å²) in [5.74, 6) is 0.794. The molecule has 1 aliphatic heterocycles. The van der Waals surface area contributed by atoms with Gasteiger partial charge < -0.3 is 10.6 Å². The number of piperidine rings is 1. The normalized spacial score (nSPS) is 18.6. The monoisotopic (exact) mass is 288 g/mol. The van der Waals surface area contributed by atoms with Crippen LogP contribution in [0.3, 0.4) is 0 Å². The van der Waals surface area contributed by atoms with Gasteiger partial charge in [0.1, 0.15) is 0 Å². The van der Waals surface area contributed by atoms with Gasteiger partial charge in [-0.3, -0.25) is 4.79 Å². The summed E-state index contributed by atoms with van der Waals surface area (Å²) in [5.41, 5.74) is 7.32. The molecule has 1 amide bonds. The van der Waals surface area contributed by atoms with Crippen molar-refractivity contribution >= 4 is 5.91 Å². The van der Waals surface area contributed by atoms with Gasteiger partial charge in [-0.05, 0) is 36.2 Å². The molecule has 1 fully saturated rings. The lowest BCUT2D eigenvalue weighted by Crippen LogP contribution is -2.52. The smallest absolute Gasteiger partial charge is 0.240 e. The molecule has 0 aromatic heterocycles. The molecular formula is C18H28N2O. The number of amides is 1. The molecule has 1 heterocycles. The average molecular weight is 288 g/mol. The standard InChI is InChI=1S/C18H28N2O/c1-18(2,3)16(19)17(21)20-11-9-15(10-12-20)13-14-7-5-4-6-8-14/h4-8,15-16H,9-13,19H2,1-3H3. The highest BCUT2D eigenvalue weighted by atomic mass is 16.2. The van der Waals surface area contributed by atoms with E-state index in [4.69, 9.17) is 5.73 Å². The van der Waals surface area contributed by atoms with E-state index in [2.05, 4.69) is 30.3 Å². The molecule has 1 unspecified atom stereocenters. The summed E-state index contributed by atoms with van der Waals surface area (Å²) >= 11 is 0. The van der Waals surface area contributed by atoms with E-state index < -0.39 is 6.04 Å². The molecule has 116 valence electrons. The first-order valence-electron chi connectivity index (χ1n) is 7.96. The van der Waals surface area contributed by atoms with Gasteiger partial charge in [0.25, 0.3) is 0 Å². The van der Waals surface area contributed by atoms with Crippen molar-refractivity contribution in [2.75, 3.05) is 13.1 Å². The zero-order valence-corrected chi connectivity index (χ0v) is 13.5. The minimum Gasteiger partial charge on any atom is -0.341 e. The minimum atomic E-state index is -0.400. The molecule has 1 aromatic rings. The molecule has 2 N–H and O–H groups in total. The molecular weight excluding hydrogens is 260 g/mol. The lowest BCUT2D eigenvalue weighted by atomic mass is 9.85. The van der Waals surface area contributed by atoms with Crippen molar-refractivity contribution < 1.29 is 4.79 Å². The van der Waals surface area contributed by atoms with Crippen molar-refractivity contribution in [3.8, 4) is 0 Å². The second-order valence-electron chi connectivity index (χ2n) is 7.30. The first-order valence-corrected chi connectivity index (χ1v) is 7.96. The maximum Gasteiger partial charge on any atom is 0.240 e. The zero-order valence-electron chi connectivity index (χ0n) is 13.5. The van der Waals surface area contributed by atoms with E-state index in [9.17, 15) is 4.79 Å². The summed E-state index contributed by atoms with van der Waals surface area (Å²) < 4.78 is 0. The third-order valence-electron chi connectivity index (χ3n) is 4.49. The molecule has 1 aliphatic rings. The van der Waals surface area contributed by atoms with Crippen LogP contribution in [0.15, 0.2) is 30.3 Å². The number of carbonyl (C=O) groups is 1. The van der Waals surface area contributed by atoms with Crippen LogP contribution in [0.2, 0.25) is 0 Å². The molecule has 21 heavy (non-hydrogen) atoms. The van der Waals surface area contributed by atoms with Crippen LogP contribution >= 0.6 is 0 Å². The average Bonchev–Trinajstić information content (AvgIpc) is 2.46. The van der Waals surface area contributed by atoms with Gasteiger partial charge in [0.15, 0.2) is 0 Å². The Kier molecular flexibility index (Phi) is 5.04. The number of hydrogen-bond acceptors (Lipinski definition) is 2. The first-order chi connectivity index (χ1) is 9.88. The summed E-state index contributed by atoms with van der Waals surface area (Å²) in [6.07, 6.45) is 3.28. The van der Waals surface area contributed by atoms with Gasteiger partial charge in [0.2, 0.25) is 5.91 Å². The Labute approximate surface area is 128 Å². The molecule has 1 aromatic carbocycles. The Balaban J connectivity index is 1.84. The number of hydrogen-bond donors (Lipinski definition) is 1. The first kappa shape index (κ1) is 16.0. The van der Waals surface area contributed by atoms with Crippen molar-refractivity contribution in [1.82, 2.24) is 4.90 Å². The van der Waals surface area contributed by atoms with Gasteiger partial charge in [-0.2, -0.15) is 0 Å². The minimum absolute atomic E-state index is 0.112. The SMILES string of the molecule is CC(C)(C)C(N)C(=O)N1CCC(Cc2ccccc2)CC1. The largest absolute Gasteiger partial charge is 0.341 e. The second-order valence-corrected chi connectivity index (χ2v) is 7.30. The summed E-state index contributed by atoms with van der Waals surface area (Å²) in [4.78, 5) is 14.4. The molecule has 0 spiro atoms. The van der Waals surface area contributed by atoms with Crippen LogP contribution in [0.4, 0.5) is 0 Å². The van der Waals surface area contributed by atoms with E-state index in [0.29, 0.717) is 5.92 Å². The number of carbonyl (C=O) groups excluding carboxylic acids is 1. The van der Waals surface area contributed by atoms with Gasteiger partial charge in [-0.1, -0.05) is 51.1 Å². The van der Waals surface area contributed by atoms with Crippen LogP contribution in [0.5, 0.6) is 0 Å². The van der Waals surface area contributed by atoms with Crippen LogP contribution in [-0.4, -0.2) is 29.9 Å². The maximum atomic E-state index is 12.4. The highest BCUT2D eigenvalue weighted by Crippen LogP contribution is 2.24. The fourth-order valence-corrected chi connectivity index (χ4v) is 2.87.